The van der Waals surface area contributed by atoms with Gasteiger partial charge in [0, 0.05) is 12.2 Å². The number of likely N-dealkylation sites (N-methyl/N-ethyl adjacent to an activating group) is 1. The van der Waals surface area contributed by atoms with Crippen molar-refractivity contribution in [2.75, 3.05) is 18.4 Å². The maximum Gasteiger partial charge on any atom is 0.322 e. The molecular formula is C11H15FN4O. The number of anilines is 1. The van der Waals surface area contributed by atoms with Crippen LogP contribution in [0.2, 0.25) is 0 Å². The summed E-state index contributed by atoms with van der Waals surface area (Å²) in [6.07, 6.45) is 0. The average Bonchev–Trinajstić information content (AvgIpc) is 2.25. The molecule has 0 aliphatic carbocycles. The van der Waals surface area contributed by atoms with Gasteiger partial charge in [0.25, 0.3) is 0 Å². The van der Waals surface area contributed by atoms with Crippen molar-refractivity contribution in [1.29, 1.82) is 5.41 Å². The van der Waals surface area contributed by atoms with Gasteiger partial charge in [0.15, 0.2) is 0 Å². The smallest absolute Gasteiger partial charge is 0.322 e. The van der Waals surface area contributed by atoms with Crippen LogP contribution in [0.25, 0.3) is 0 Å². The Morgan fingerprint density at radius 1 is 1.59 bits per heavy atom. The molecule has 0 unspecified atom stereocenters. The molecule has 4 N–H and O–H groups in total. The topological polar surface area (TPSA) is 82.2 Å². The minimum Gasteiger partial charge on any atom is -0.386 e. The molecule has 0 saturated heterocycles. The Bertz CT molecular complexity index is 422. The third-order valence-electron chi connectivity index (χ3n) is 2.11. The van der Waals surface area contributed by atoms with Gasteiger partial charge in [-0.3, -0.25) is 5.41 Å². The predicted octanol–water partition coefficient (Wildman–Crippen LogP) is 1.62. The number of carbonyl (C=O) groups excluding carboxylic acids is 1. The molecule has 1 aromatic carbocycles. The van der Waals surface area contributed by atoms with E-state index >= 15 is 0 Å². The molecule has 0 aromatic heterocycles. The largest absolute Gasteiger partial charge is 0.386 e. The molecule has 5 nitrogen and oxygen atoms in total. The van der Waals surface area contributed by atoms with Crippen LogP contribution in [0, 0.1) is 11.2 Å². The van der Waals surface area contributed by atoms with Crippen LogP contribution >= 0.6 is 0 Å². The molecule has 2 amide bonds. The summed E-state index contributed by atoms with van der Waals surface area (Å²) in [7, 11) is 0. The number of benzene rings is 1. The van der Waals surface area contributed by atoms with Crippen LogP contribution in [0.1, 0.15) is 6.92 Å². The maximum absolute atomic E-state index is 12.9. The first-order valence-corrected chi connectivity index (χ1v) is 5.17. The summed E-state index contributed by atoms with van der Waals surface area (Å²) in [6.45, 7) is 2.24. The number of rotatable bonds is 4. The number of urea groups is 1. The summed E-state index contributed by atoms with van der Waals surface area (Å²) in [5.41, 5.74) is 5.60. The highest BCUT2D eigenvalue weighted by Crippen LogP contribution is 2.09. The summed E-state index contributed by atoms with van der Waals surface area (Å²) in [4.78, 5) is 13.1. The van der Waals surface area contributed by atoms with Crippen molar-refractivity contribution in [2.45, 2.75) is 6.92 Å². The summed E-state index contributed by atoms with van der Waals surface area (Å²) in [5, 5.41) is 9.67. The zero-order chi connectivity index (χ0) is 12.8. The van der Waals surface area contributed by atoms with E-state index in [1.54, 1.807) is 13.0 Å². The third-order valence-corrected chi connectivity index (χ3v) is 2.11. The Morgan fingerprint density at radius 3 is 2.82 bits per heavy atom. The van der Waals surface area contributed by atoms with Crippen LogP contribution in [0.5, 0.6) is 0 Å². The number of halogens is 1. The molecule has 0 heterocycles. The highest BCUT2D eigenvalue weighted by atomic mass is 19.1. The van der Waals surface area contributed by atoms with E-state index in [2.05, 4.69) is 5.32 Å². The van der Waals surface area contributed by atoms with Crippen LogP contribution in [-0.2, 0) is 0 Å². The number of hydrogen-bond donors (Lipinski definition) is 3. The molecule has 1 aromatic rings. The Hall–Kier alpha value is -2.11. The fourth-order valence-corrected chi connectivity index (χ4v) is 1.30. The molecule has 0 atom stereocenters. The standard InChI is InChI=1S/C11H15FN4O/c1-2-16(7-10(13)14)11(17)15-9-5-3-4-8(12)6-9/h3-6H,2,7H2,1H3,(H3,13,14)(H,15,17). The second-order valence-corrected chi connectivity index (χ2v) is 3.48. The quantitative estimate of drug-likeness (QED) is 0.550. The molecule has 0 radical (unpaired) electrons. The van der Waals surface area contributed by atoms with Gasteiger partial charge in [-0.15, -0.1) is 0 Å². The number of carbonyl (C=O) groups is 1. The number of nitrogens with one attached hydrogen (secondary N) is 2. The number of nitrogens with zero attached hydrogens (tertiary/aromatic N) is 1. The highest BCUT2D eigenvalue weighted by Gasteiger charge is 2.12. The van der Waals surface area contributed by atoms with Crippen molar-refractivity contribution >= 4 is 17.6 Å². The molecule has 17 heavy (non-hydrogen) atoms. The molecular weight excluding hydrogens is 223 g/mol. The lowest BCUT2D eigenvalue weighted by molar-refractivity contribution is 0.221. The molecule has 0 aliphatic heterocycles. The summed E-state index contributed by atoms with van der Waals surface area (Å²) >= 11 is 0. The van der Waals surface area contributed by atoms with Crippen molar-refractivity contribution in [2.24, 2.45) is 5.73 Å². The number of hydrogen-bond acceptors (Lipinski definition) is 2. The van der Waals surface area contributed by atoms with Crippen molar-refractivity contribution in [3.63, 3.8) is 0 Å². The van der Waals surface area contributed by atoms with E-state index in [1.807, 2.05) is 0 Å². The van der Waals surface area contributed by atoms with E-state index in [1.165, 1.54) is 23.1 Å². The number of nitrogens with two attached hydrogens (primary N) is 1. The van der Waals surface area contributed by atoms with Crippen LogP contribution in [-0.4, -0.2) is 29.9 Å². The fourth-order valence-electron chi connectivity index (χ4n) is 1.30. The van der Waals surface area contributed by atoms with Gasteiger partial charge in [0.2, 0.25) is 0 Å². The van der Waals surface area contributed by atoms with Crippen LogP contribution in [0.3, 0.4) is 0 Å². The lowest BCUT2D eigenvalue weighted by Gasteiger charge is -2.20. The van der Waals surface area contributed by atoms with Gasteiger partial charge in [-0.2, -0.15) is 0 Å². The van der Waals surface area contributed by atoms with Crippen molar-refractivity contribution in [1.82, 2.24) is 4.90 Å². The first-order valence-electron chi connectivity index (χ1n) is 5.17. The van der Waals surface area contributed by atoms with Crippen LogP contribution < -0.4 is 11.1 Å². The molecule has 0 fully saturated rings. The van der Waals surface area contributed by atoms with Gasteiger partial charge in [-0.1, -0.05) is 6.07 Å². The van der Waals surface area contributed by atoms with Crippen molar-refractivity contribution in [3.05, 3.63) is 30.1 Å². The number of amides is 2. The van der Waals surface area contributed by atoms with Gasteiger partial charge in [-0.25, -0.2) is 9.18 Å². The molecule has 0 aliphatic rings. The van der Waals surface area contributed by atoms with E-state index in [-0.39, 0.29) is 12.4 Å². The first kappa shape index (κ1) is 13.0. The van der Waals surface area contributed by atoms with Crippen LogP contribution in [0.15, 0.2) is 24.3 Å². The Kier molecular flexibility index (Phi) is 4.45. The molecule has 1 rings (SSSR count). The Balaban J connectivity index is 2.67. The highest BCUT2D eigenvalue weighted by molar-refractivity contribution is 5.92. The normalized spacial score (nSPS) is 9.76. The number of amidine groups is 1. The first-order chi connectivity index (χ1) is 8.02. The second-order valence-electron chi connectivity index (χ2n) is 3.48. The molecule has 0 saturated carbocycles. The fraction of sp³-hybridized carbons (Fsp3) is 0.273. The average molecular weight is 238 g/mol. The van der Waals surface area contributed by atoms with Gasteiger partial charge < -0.3 is 16.0 Å². The van der Waals surface area contributed by atoms with E-state index in [4.69, 9.17) is 11.1 Å². The van der Waals surface area contributed by atoms with Crippen molar-refractivity contribution < 1.29 is 9.18 Å². The van der Waals surface area contributed by atoms with E-state index in [0.29, 0.717) is 12.2 Å². The lowest BCUT2D eigenvalue weighted by atomic mass is 10.3. The SMILES string of the molecule is CCN(CC(=N)N)C(=O)Nc1cccc(F)c1. The summed E-state index contributed by atoms with van der Waals surface area (Å²) < 4.78 is 12.9. The zero-order valence-electron chi connectivity index (χ0n) is 9.53. The lowest BCUT2D eigenvalue weighted by Crippen LogP contribution is -2.40. The zero-order valence-corrected chi connectivity index (χ0v) is 9.53. The second kappa shape index (κ2) is 5.83. The van der Waals surface area contributed by atoms with Crippen LogP contribution in [0.4, 0.5) is 14.9 Å². The predicted molar refractivity (Wildman–Crippen MR) is 64.6 cm³/mol. The molecule has 92 valence electrons. The molecule has 6 heteroatoms. The van der Waals surface area contributed by atoms with Gasteiger partial charge >= 0.3 is 6.03 Å². The Morgan fingerprint density at radius 2 is 2.29 bits per heavy atom. The monoisotopic (exact) mass is 238 g/mol. The van der Waals surface area contributed by atoms with E-state index in [9.17, 15) is 9.18 Å². The maximum atomic E-state index is 12.9. The van der Waals surface area contributed by atoms with E-state index < -0.39 is 11.8 Å². The van der Waals surface area contributed by atoms with Crippen molar-refractivity contribution in [3.8, 4) is 0 Å². The Labute approximate surface area is 98.9 Å². The van der Waals surface area contributed by atoms with E-state index in [0.717, 1.165) is 0 Å². The summed E-state index contributed by atoms with van der Waals surface area (Å²) in [6, 6.07) is 5.20. The minimum atomic E-state index is -0.419. The van der Waals surface area contributed by atoms with Gasteiger partial charge in [0.05, 0.1) is 6.54 Å². The van der Waals surface area contributed by atoms with Gasteiger partial charge in [-0.05, 0) is 25.1 Å². The van der Waals surface area contributed by atoms with Gasteiger partial charge in [0.1, 0.15) is 11.7 Å². The minimum absolute atomic E-state index is 0.0532. The molecule has 0 bridgehead atoms. The third kappa shape index (κ3) is 4.10. The summed E-state index contributed by atoms with van der Waals surface area (Å²) in [5.74, 6) is -0.515. The molecule has 0 spiro atoms.